The molecule has 0 aliphatic heterocycles. The smallest absolute Gasteiger partial charge is 0.356 e. The summed E-state index contributed by atoms with van der Waals surface area (Å²) in [5.74, 6) is 0. The number of aryl methyl sites for hydroxylation is 1. The molecule has 0 saturated heterocycles. The lowest BCUT2D eigenvalue weighted by Crippen LogP contribution is -2.32. The molecule has 2 aromatic carbocycles. The zero-order chi connectivity index (χ0) is 17.3. The van der Waals surface area contributed by atoms with Gasteiger partial charge in [0.25, 0.3) is 5.52 Å². The van der Waals surface area contributed by atoms with Crippen molar-refractivity contribution in [3.63, 3.8) is 0 Å². The molecule has 7 heteroatoms. The number of fused-ring (bicyclic) bond motifs is 6. The highest BCUT2D eigenvalue weighted by atomic mass is 16.5. The predicted octanol–water partition coefficient (Wildman–Crippen LogP) is 2.40. The van der Waals surface area contributed by atoms with Gasteiger partial charge >= 0.3 is 5.65 Å². The van der Waals surface area contributed by atoms with Crippen molar-refractivity contribution in [3.8, 4) is 0 Å². The van der Waals surface area contributed by atoms with Gasteiger partial charge in [-0.1, -0.05) is 29.2 Å². The molecule has 0 atom stereocenters. The number of benzene rings is 2. The van der Waals surface area contributed by atoms with Crippen molar-refractivity contribution in [2.75, 3.05) is 0 Å². The Morgan fingerprint density at radius 1 is 0.880 bits per heavy atom. The molecule has 0 fully saturated rings. The number of hydrogen-bond acceptors (Lipinski definition) is 3. The molecule has 7 nitrogen and oxygen atoms in total. The third-order valence-corrected chi connectivity index (χ3v) is 4.70. The van der Waals surface area contributed by atoms with E-state index in [1.165, 1.54) is 0 Å². The van der Waals surface area contributed by atoms with E-state index in [-0.39, 0.29) is 22.2 Å². The van der Waals surface area contributed by atoms with Crippen LogP contribution in [0.25, 0.3) is 38.7 Å². The third kappa shape index (κ3) is 1.56. The van der Waals surface area contributed by atoms with Gasteiger partial charge in [-0.25, -0.2) is 0 Å². The van der Waals surface area contributed by atoms with Crippen molar-refractivity contribution in [3.05, 3.63) is 75.6 Å². The lowest BCUT2D eigenvalue weighted by atomic mass is 10.2. The summed E-state index contributed by atoms with van der Waals surface area (Å²) in [6.07, 6.45) is 0. The van der Waals surface area contributed by atoms with Crippen molar-refractivity contribution in [1.29, 1.82) is 0 Å². The lowest BCUT2D eigenvalue weighted by molar-refractivity contribution is -0.583. The molecule has 5 rings (SSSR count). The van der Waals surface area contributed by atoms with E-state index in [1.807, 2.05) is 0 Å². The minimum Gasteiger partial charge on any atom is -0.805 e. The van der Waals surface area contributed by atoms with Gasteiger partial charge in [0.05, 0.1) is 5.52 Å². The molecule has 0 N–H and O–H groups in total. The number of nitrogens with zero attached hydrogens (tertiary/aromatic N) is 4. The largest absolute Gasteiger partial charge is 0.805 e. The van der Waals surface area contributed by atoms with Crippen molar-refractivity contribution < 1.29 is 9.16 Å². The van der Waals surface area contributed by atoms with Crippen LogP contribution < -0.4 is 9.16 Å². The summed E-state index contributed by atoms with van der Waals surface area (Å²) in [6.45, 7) is 1.68. The molecule has 0 saturated carbocycles. The maximum absolute atomic E-state index is 13.0. The van der Waals surface area contributed by atoms with Gasteiger partial charge in [-0.05, 0) is 18.2 Å². The molecule has 0 bridgehead atoms. The van der Waals surface area contributed by atoms with Crippen LogP contribution >= 0.6 is 0 Å². The Labute approximate surface area is 140 Å². The molecule has 0 aliphatic carbocycles. The second-order valence-electron chi connectivity index (χ2n) is 6.02. The van der Waals surface area contributed by atoms with E-state index in [0.29, 0.717) is 22.2 Å². The Morgan fingerprint density at radius 3 is 2.28 bits per heavy atom. The zero-order valence-electron chi connectivity index (χ0n) is 13.2. The Bertz CT molecular complexity index is 1400. The van der Waals surface area contributed by atoms with E-state index >= 15 is 0 Å². The predicted molar refractivity (Wildman–Crippen MR) is 93.7 cm³/mol. The Morgan fingerprint density at radius 2 is 1.52 bits per heavy atom. The fourth-order valence-corrected chi connectivity index (χ4v) is 3.50. The van der Waals surface area contributed by atoms with Crippen LogP contribution in [-0.4, -0.2) is 9.13 Å². The summed E-state index contributed by atoms with van der Waals surface area (Å²) in [6, 6.07) is 15.3. The average molecular weight is 332 g/mol. The van der Waals surface area contributed by atoms with E-state index in [0.717, 1.165) is 13.9 Å². The van der Waals surface area contributed by atoms with Gasteiger partial charge in [-0.2, -0.15) is 9.13 Å². The van der Waals surface area contributed by atoms with Crippen LogP contribution in [0.5, 0.6) is 0 Å². The maximum Gasteiger partial charge on any atom is 0.356 e. The summed E-state index contributed by atoms with van der Waals surface area (Å²) in [5.41, 5.74) is 3.00. The van der Waals surface area contributed by atoms with E-state index in [4.69, 9.17) is 0 Å². The van der Waals surface area contributed by atoms with Crippen LogP contribution in [0.1, 0.15) is 5.69 Å². The van der Waals surface area contributed by atoms with Crippen LogP contribution in [-0.2, 0) is 0 Å². The summed E-state index contributed by atoms with van der Waals surface area (Å²) in [5, 5.41) is 25.4. The topological polar surface area (TPSA) is 82.3 Å². The van der Waals surface area contributed by atoms with Gasteiger partial charge in [0.15, 0.2) is 0 Å². The van der Waals surface area contributed by atoms with Gasteiger partial charge in [0.2, 0.25) is 22.2 Å². The van der Waals surface area contributed by atoms with Gasteiger partial charge < -0.3 is 15.1 Å². The normalized spacial score (nSPS) is 11.9. The number of aromatic nitrogens is 4. The number of para-hydroxylation sites is 4. The van der Waals surface area contributed by atoms with Crippen LogP contribution in [0.2, 0.25) is 0 Å². The molecular formula is C18H12N4O3. The van der Waals surface area contributed by atoms with E-state index in [2.05, 4.69) is 0 Å². The van der Waals surface area contributed by atoms with E-state index in [9.17, 15) is 15.3 Å². The SMILES string of the molecule is Cc1c2cc3c(n2c2ccccc2[n+]1[O-])[n+](=O)c1ccccc1n3[O-]. The van der Waals surface area contributed by atoms with Crippen LogP contribution in [0, 0.1) is 22.2 Å². The second-order valence-corrected chi connectivity index (χ2v) is 6.02. The highest BCUT2D eigenvalue weighted by Crippen LogP contribution is 2.25. The zero-order valence-corrected chi connectivity index (χ0v) is 13.2. The first-order chi connectivity index (χ1) is 12.1. The Hall–Kier alpha value is -3.61. The molecular weight excluding hydrogens is 320 g/mol. The first-order valence-electron chi connectivity index (χ1n) is 7.79. The maximum atomic E-state index is 13.0. The van der Waals surface area contributed by atoms with Crippen LogP contribution in [0.3, 0.4) is 0 Å². The molecule has 25 heavy (non-hydrogen) atoms. The third-order valence-electron chi connectivity index (χ3n) is 4.70. The van der Waals surface area contributed by atoms with Crippen LogP contribution in [0.15, 0.2) is 54.6 Å². The second kappa shape index (κ2) is 4.47. The average Bonchev–Trinajstić information content (AvgIpc) is 3.05. The molecule has 0 amide bonds. The number of hydrogen-bond donors (Lipinski definition) is 0. The highest BCUT2D eigenvalue weighted by molar-refractivity contribution is 5.91. The molecule has 3 aromatic heterocycles. The van der Waals surface area contributed by atoms with Gasteiger partial charge in [-0.15, -0.1) is 0 Å². The Kier molecular flexibility index (Phi) is 2.47. The molecule has 5 aromatic rings. The monoisotopic (exact) mass is 332 g/mol. The van der Waals surface area contributed by atoms with E-state index in [1.54, 1.807) is 65.9 Å². The fraction of sp³-hybridized carbons (Fsp3) is 0.0556. The first kappa shape index (κ1) is 13.8. The van der Waals surface area contributed by atoms with Crippen molar-refractivity contribution in [2.24, 2.45) is 0 Å². The molecule has 0 aliphatic rings. The van der Waals surface area contributed by atoms with Gasteiger partial charge in [0, 0.05) is 23.5 Å². The van der Waals surface area contributed by atoms with Crippen molar-refractivity contribution >= 4 is 38.7 Å². The molecule has 0 radical (unpaired) electrons. The minimum absolute atomic E-state index is 0.212. The highest BCUT2D eigenvalue weighted by Gasteiger charge is 2.27. The molecule has 3 heterocycles. The van der Waals surface area contributed by atoms with Gasteiger partial charge in [-0.3, -0.25) is 0 Å². The summed E-state index contributed by atoms with van der Waals surface area (Å²) >= 11 is 0. The lowest BCUT2D eigenvalue weighted by Gasteiger charge is -2.12. The Balaban J connectivity index is 2.22. The molecule has 122 valence electrons. The van der Waals surface area contributed by atoms with Gasteiger partial charge in [0.1, 0.15) is 5.52 Å². The quantitative estimate of drug-likeness (QED) is 0.322. The first-order valence-corrected chi connectivity index (χ1v) is 7.79. The standard InChI is InChI=1S/C18H12N4O3/c1-11-16-10-17-18(19(16)12-6-2-3-7-13(12)20(11)23)22(25)15-9-5-4-8-14(15)21(17)24/h2-10H,1H3. The molecule has 0 unspecified atom stereocenters. The summed E-state index contributed by atoms with van der Waals surface area (Å²) in [7, 11) is 0. The summed E-state index contributed by atoms with van der Waals surface area (Å²) < 4.78 is 4.01. The summed E-state index contributed by atoms with van der Waals surface area (Å²) in [4.78, 5) is 13.0. The van der Waals surface area contributed by atoms with Crippen LogP contribution in [0.4, 0.5) is 0 Å². The minimum atomic E-state index is 0.212. The van der Waals surface area contributed by atoms with Crippen molar-refractivity contribution in [1.82, 2.24) is 9.13 Å². The molecule has 0 spiro atoms. The number of rotatable bonds is 0. The van der Waals surface area contributed by atoms with Crippen molar-refractivity contribution in [2.45, 2.75) is 6.92 Å². The fourth-order valence-electron chi connectivity index (χ4n) is 3.50. The van der Waals surface area contributed by atoms with E-state index < -0.39 is 0 Å².